The molecule has 1 fully saturated rings. The van der Waals surface area contributed by atoms with Crippen molar-refractivity contribution >= 4 is 5.97 Å². The Labute approximate surface area is 187 Å². The molecule has 178 valence electrons. The SMILES string of the molecule is CCC(OC1=CC=CCC1C)C(O)CCC1C(CCCCCCC(=O)O)[C@@H](O)C[C@H]1O. The second-order valence-corrected chi connectivity index (χ2v) is 9.39. The lowest BCUT2D eigenvalue weighted by molar-refractivity contribution is -0.137. The van der Waals surface area contributed by atoms with Gasteiger partial charge in [-0.3, -0.25) is 4.79 Å². The number of carbonyl (C=O) groups is 1. The molecule has 6 heteroatoms. The van der Waals surface area contributed by atoms with Crippen LogP contribution in [-0.2, 0) is 9.53 Å². The van der Waals surface area contributed by atoms with Crippen molar-refractivity contribution in [1.29, 1.82) is 0 Å². The summed E-state index contributed by atoms with van der Waals surface area (Å²) in [6, 6.07) is 0. The van der Waals surface area contributed by atoms with E-state index in [1.54, 1.807) is 0 Å². The molecule has 0 amide bonds. The number of aliphatic hydroxyl groups is 3. The van der Waals surface area contributed by atoms with E-state index in [9.17, 15) is 20.1 Å². The van der Waals surface area contributed by atoms with Crippen LogP contribution in [0.15, 0.2) is 24.0 Å². The largest absolute Gasteiger partial charge is 0.492 e. The van der Waals surface area contributed by atoms with Crippen LogP contribution >= 0.6 is 0 Å². The van der Waals surface area contributed by atoms with Crippen LogP contribution in [0, 0.1) is 17.8 Å². The van der Waals surface area contributed by atoms with Gasteiger partial charge in [-0.1, -0.05) is 45.3 Å². The maximum absolute atomic E-state index is 10.8. The number of aliphatic hydroxyl groups excluding tert-OH is 3. The molecule has 0 radical (unpaired) electrons. The molecule has 2 aliphatic rings. The van der Waals surface area contributed by atoms with Gasteiger partial charge in [0.05, 0.1) is 24.1 Å². The molecule has 31 heavy (non-hydrogen) atoms. The molecule has 0 heterocycles. The van der Waals surface area contributed by atoms with Crippen molar-refractivity contribution in [3.05, 3.63) is 24.0 Å². The number of carboxylic acids is 1. The molecule has 0 spiro atoms. The lowest BCUT2D eigenvalue weighted by atomic mass is 9.84. The Balaban J connectivity index is 1.80. The van der Waals surface area contributed by atoms with Crippen molar-refractivity contribution in [3.63, 3.8) is 0 Å². The fraction of sp³-hybridized carbons (Fsp3) is 0.800. The highest BCUT2D eigenvalue weighted by molar-refractivity contribution is 5.66. The topological polar surface area (TPSA) is 107 Å². The van der Waals surface area contributed by atoms with E-state index in [1.807, 2.05) is 19.1 Å². The van der Waals surface area contributed by atoms with Crippen LogP contribution in [0.1, 0.15) is 84.5 Å². The highest BCUT2D eigenvalue weighted by Crippen LogP contribution is 2.39. The molecule has 0 aromatic rings. The summed E-state index contributed by atoms with van der Waals surface area (Å²) in [5.41, 5.74) is 0. The Morgan fingerprint density at radius 2 is 1.81 bits per heavy atom. The van der Waals surface area contributed by atoms with Crippen LogP contribution in [0.3, 0.4) is 0 Å². The van der Waals surface area contributed by atoms with E-state index < -0.39 is 24.3 Å². The summed E-state index contributed by atoms with van der Waals surface area (Å²) < 4.78 is 6.13. The number of ether oxygens (including phenoxy) is 1. The van der Waals surface area contributed by atoms with E-state index in [0.29, 0.717) is 38.0 Å². The number of hydrogen-bond acceptors (Lipinski definition) is 5. The summed E-state index contributed by atoms with van der Waals surface area (Å²) in [5.74, 6) is 0.502. The first kappa shape index (κ1) is 25.9. The van der Waals surface area contributed by atoms with Gasteiger partial charge in [0.2, 0.25) is 0 Å². The molecule has 2 aliphatic carbocycles. The monoisotopic (exact) mass is 438 g/mol. The first-order valence-corrected chi connectivity index (χ1v) is 12.1. The Morgan fingerprint density at radius 3 is 2.45 bits per heavy atom. The van der Waals surface area contributed by atoms with Gasteiger partial charge in [0.25, 0.3) is 0 Å². The van der Waals surface area contributed by atoms with Crippen LogP contribution in [0.25, 0.3) is 0 Å². The molecule has 0 aromatic heterocycles. The van der Waals surface area contributed by atoms with Crippen molar-refractivity contribution in [1.82, 2.24) is 0 Å². The lowest BCUT2D eigenvalue weighted by Crippen LogP contribution is -2.31. The third kappa shape index (κ3) is 8.24. The van der Waals surface area contributed by atoms with E-state index in [0.717, 1.165) is 37.9 Å². The Morgan fingerprint density at radius 1 is 1.13 bits per heavy atom. The van der Waals surface area contributed by atoms with Crippen LogP contribution in [0.2, 0.25) is 0 Å². The lowest BCUT2D eigenvalue weighted by Gasteiger charge is -2.29. The molecule has 0 aromatic carbocycles. The molecule has 5 unspecified atom stereocenters. The molecule has 0 bridgehead atoms. The zero-order valence-electron chi connectivity index (χ0n) is 19.2. The van der Waals surface area contributed by atoms with E-state index >= 15 is 0 Å². The van der Waals surface area contributed by atoms with Crippen molar-refractivity contribution in [2.75, 3.05) is 0 Å². The fourth-order valence-corrected chi connectivity index (χ4v) is 5.03. The zero-order valence-corrected chi connectivity index (χ0v) is 19.2. The third-order valence-electron chi connectivity index (χ3n) is 6.99. The first-order chi connectivity index (χ1) is 14.8. The summed E-state index contributed by atoms with van der Waals surface area (Å²) in [7, 11) is 0. The summed E-state index contributed by atoms with van der Waals surface area (Å²) in [6.45, 7) is 4.14. The second kappa shape index (κ2) is 13.2. The van der Waals surface area contributed by atoms with Gasteiger partial charge < -0.3 is 25.2 Å². The third-order valence-corrected chi connectivity index (χ3v) is 6.99. The minimum atomic E-state index is -0.756. The van der Waals surface area contributed by atoms with E-state index in [1.165, 1.54) is 0 Å². The first-order valence-electron chi connectivity index (χ1n) is 12.1. The quantitative estimate of drug-likeness (QED) is 0.303. The normalized spacial score (nSPS) is 30.1. The molecular weight excluding hydrogens is 396 g/mol. The minimum absolute atomic E-state index is 0.0167. The predicted octanol–water partition coefficient (Wildman–Crippen LogP) is 4.19. The number of hydrogen-bond donors (Lipinski definition) is 4. The van der Waals surface area contributed by atoms with Crippen LogP contribution in [-0.4, -0.2) is 50.8 Å². The molecule has 7 atom stereocenters. The van der Waals surface area contributed by atoms with Crippen molar-refractivity contribution in [2.45, 2.75) is 109 Å². The van der Waals surface area contributed by atoms with E-state index in [4.69, 9.17) is 9.84 Å². The van der Waals surface area contributed by atoms with Gasteiger partial charge >= 0.3 is 5.97 Å². The molecular formula is C25H42O6. The van der Waals surface area contributed by atoms with E-state index in [-0.39, 0.29) is 24.4 Å². The van der Waals surface area contributed by atoms with Gasteiger partial charge in [0.15, 0.2) is 0 Å². The number of allylic oxidation sites excluding steroid dienone is 4. The average Bonchev–Trinajstić information content (AvgIpc) is 3.00. The number of aliphatic carboxylic acids is 1. The molecule has 2 rings (SSSR count). The molecule has 0 aliphatic heterocycles. The summed E-state index contributed by atoms with van der Waals surface area (Å²) >= 11 is 0. The average molecular weight is 439 g/mol. The van der Waals surface area contributed by atoms with Crippen molar-refractivity contribution in [3.8, 4) is 0 Å². The Kier molecular flexibility index (Phi) is 11.1. The van der Waals surface area contributed by atoms with Crippen LogP contribution < -0.4 is 0 Å². The summed E-state index contributed by atoms with van der Waals surface area (Å²) in [5, 5.41) is 40.4. The van der Waals surface area contributed by atoms with Gasteiger partial charge in [-0.25, -0.2) is 0 Å². The standard InChI is InChI=1S/C25H42O6/c1-3-23(31-24-12-9-8-10-17(24)2)20(26)15-14-19-18(21(27)16-22(19)28)11-6-4-5-7-13-25(29)30/h8-9,12,17-23,26-28H,3-7,10-11,13-16H2,1-2H3,(H,29,30)/t17?,18?,19?,20?,21-,22+,23?/m0/s1. The molecule has 4 N–H and O–H groups in total. The number of unbranched alkanes of at least 4 members (excludes halogenated alkanes) is 3. The smallest absolute Gasteiger partial charge is 0.303 e. The van der Waals surface area contributed by atoms with Gasteiger partial charge in [-0.15, -0.1) is 0 Å². The summed E-state index contributed by atoms with van der Waals surface area (Å²) in [6.07, 6.45) is 11.9. The molecule has 6 nitrogen and oxygen atoms in total. The van der Waals surface area contributed by atoms with Gasteiger partial charge in [-0.2, -0.15) is 0 Å². The van der Waals surface area contributed by atoms with Gasteiger partial charge in [0.1, 0.15) is 6.10 Å². The maximum atomic E-state index is 10.8. The minimum Gasteiger partial charge on any atom is -0.492 e. The molecule has 1 saturated carbocycles. The predicted molar refractivity (Wildman–Crippen MR) is 120 cm³/mol. The zero-order chi connectivity index (χ0) is 22.8. The Bertz CT molecular complexity index is 601. The highest BCUT2D eigenvalue weighted by atomic mass is 16.5. The Hall–Kier alpha value is -1.37. The second-order valence-electron chi connectivity index (χ2n) is 9.39. The van der Waals surface area contributed by atoms with Crippen molar-refractivity contribution < 1.29 is 30.0 Å². The van der Waals surface area contributed by atoms with Gasteiger partial charge in [0, 0.05) is 12.3 Å². The van der Waals surface area contributed by atoms with Gasteiger partial charge in [-0.05, 0) is 62.9 Å². The maximum Gasteiger partial charge on any atom is 0.303 e. The van der Waals surface area contributed by atoms with Crippen LogP contribution in [0.5, 0.6) is 0 Å². The number of rotatable bonds is 14. The summed E-state index contributed by atoms with van der Waals surface area (Å²) in [4.78, 5) is 10.6. The van der Waals surface area contributed by atoms with Crippen LogP contribution in [0.4, 0.5) is 0 Å². The molecule has 0 saturated heterocycles. The highest BCUT2D eigenvalue weighted by Gasteiger charge is 2.41. The van der Waals surface area contributed by atoms with E-state index in [2.05, 4.69) is 13.0 Å². The number of carboxylic acid groups (broad SMARTS) is 1. The fourth-order valence-electron chi connectivity index (χ4n) is 5.03. The van der Waals surface area contributed by atoms with Crippen molar-refractivity contribution in [2.24, 2.45) is 17.8 Å².